The summed E-state index contributed by atoms with van der Waals surface area (Å²) in [5.41, 5.74) is 1.78. The Hall–Kier alpha value is -2.56. The third-order valence-corrected chi connectivity index (χ3v) is 3.38. The van der Waals surface area contributed by atoms with E-state index in [4.69, 9.17) is 4.42 Å². The van der Waals surface area contributed by atoms with E-state index in [1.54, 1.807) is 6.07 Å². The second-order valence-electron chi connectivity index (χ2n) is 4.80. The molecule has 2 heterocycles. The summed E-state index contributed by atoms with van der Waals surface area (Å²) in [5, 5.41) is 6.12. The van der Waals surface area contributed by atoms with Gasteiger partial charge in [0, 0.05) is 11.1 Å². The average Bonchev–Trinajstić information content (AvgIpc) is 2.86. The fourth-order valence-electron chi connectivity index (χ4n) is 2.30. The Morgan fingerprint density at radius 1 is 1.40 bits per heavy atom. The van der Waals surface area contributed by atoms with Crippen LogP contribution in [0.5, 0.6) is 0 Å². The molecule has 1 saturated heterocycles. The molecule has 0 radical (unpaired) electrons. The van der Waals surface area contributed by atoms with E-state index >= 15 is 0 Å². The molecule has 0 spiro atoms. The molecule has 5 nitrogen and oxygen atoms in total. The third-order valence-electron chi connectivity index (χ3n) is 3.38. The summed E-state index contributed by atoms with van der Waals surface area (Å²) in [5.74, 6) is -0.523. The second-order valence-corrected chi connectivity index (χ2v) is 4.80. The molecule has 5 heteroatoms. The quantitative estimate of drug-likeness (QED) is 0.876. The number of hydrogen-bond acceptors (Lipinski definition) is 3. The van der Waals surface area contributed by atoms with E-state index in [1.807, 2.05) is 18.2 Å². The summed E-state index contributed by atoms with van der Waals surface area (Å²) in [6.45, 7) is 3.71. The van der Waals surface area contributed by atoms with Crippen molar-refractivity contribution in [3.8, 4) is 0 Å². The van der Waals surface area contributed by atoms with Gasteiger partial charge in [-0.05, 0) is 18.9 Å². The highest BCUT2D eigenvalue weighted by Gasteiger charge is 2.26. The molecule has 2 amide bonds. The largest absolute Gasteiger partial charge is 0.463 e. The van der Waals surface area contributed by atoms with Crippen LogP contribution in [-0.2, 0) is 4.79 Å². The maximum absolute atomic E-state index is 12.2. The van der Waals surface area contributed by atoms with Crippen molar-refractivity contribution in [2.75, 3.05) is 0 Å². The molecule has 0 unspecified atom stereocenters. The monoisotopic (exact) mass is 270 g/mol. The number of carbonyl (C=O) groups excluding carboxylic acids is 2. The Morgan fingerprint density at radius 2 is 2.20 bits per heavy atom. The topological polar surface area (TPSA) is 71.3 Å². The summed E-state index contributed by atoms with van der Waals surface area (Å²) in [7, 11) is 0. The van der Waals surface area contributed by atoms with Crippen LogP contribution in [0.2, 0.25) is 0 Å². The first kappa shape index (κ1) is 12.5. The van der Waals surface area contributed by atoms with Crippen molar-refractivity contribution in [1.82, 2.24) is 10.6 Å². The molecule has 1 aromatic heterocycles. The van der Waals surface area contributed by atoms with E-state index in [0.29, 0.717) is 29.7 Å². The molecule has 0 bridgehead atoms. The molecule has 1 aromatic carbocycles. The van der Waals surface area contributed by atoms with Crippen molar-refractivity contribution in [3.05, 3.63) is 48.4 Å². The minimum absolute atomic E-state index is 0.220. The fourth-order valence-corrected chi connectivity index (χ4v) is 2.30. The number of nitrogens with one attached hydrogen (secondary N) is 2. The molecule has 3 rings (SSSR count). The number of rotatable bonds is 2. The van der Waals surface area contributed by atoms with Gasteiger partial charge in [0.1, 0.15) is 17.9 Å². The summed E-state index contributed by atoms with van der Waals surface area (Å²) in [6, 6.07) is 6.77. The lowest BCUT2D eigenvalue weighted by Crippen LogP contribution is -2.49. The average molecular weight is 270 g/mol. The zero-order valence-corrected chi connectivity index (χ0v) is 10.8. The first-order chi connectivity index (χ1) is 9.65. The maximum atomic E-state index is 12.2. The Kier molecular flexibility index (Phi) is 3.02. The zero-order chi connectivity index (χ0) is 14.1. The van der Waals surface area contributed by atoms with Gasteiger partial charge in [-0.3, -0.25) is 9.59 Å². The molecule has 1 aliphatic heterocycles. The Bertz CT molecular complexity index is 702. The van der Waals surface area contributed by atoms with Crippen molar-refractivity contribution < 1.29 is 14.0 Å². The summed E-state index contributed by atoms with van der Waals surface area (Å²) in [6.07, 6.45) is 2.65. The molecular formula is C15H14N2O3. The van der Waals surface area contributed by atoms with Crippen LogP contribution in [0.15, 0.2) is 47.2 Å². The molecule has 0 aliphatic carbocycles. The van der Waals surface area contributed by atoms with Crippen LogP contribution in [-0.4, -0.2) is 17.9 Å². The van der Waals surface area contributed by atoms with Gasteiger partial charge in [0.25, 0.3) is 5.91 Å². The Balaban J connectivity index is 1.80. The van der Waals surface area contributed by atoms with Crippen LogP contribution in [0.25, 0.3) is 11.0 Å². The molecule has 102 valence electrons. The molecule has 1 aliphatic rings. The molecule has 1 atom stereocenters. The maximum Gasteiger partial charge on any atom is 0.255 e. The van der Waals surface area contributed by atoms with Crippen LogP contribution in [0.4, 0.5) is 0 Å². The highest BCUT2D eigenvalue weighted by atomic mass is 16.3. The summed E-state index contributed by atoms with van der Waals surface area (Å²) in [4.78, 5) is 24.0. The lowest BCUT2D eigenvalue weighted by Gasteiger charge is -2.24. The van der Waals surface area contributed by atoms with Gasteiger partial charge >= 0.3 is 0 Å². The van der Waals surface area contributed by atoms with Crippen molar-refractivity contribution in [2.45, 2.75) is 18.9 Å². The standard InChI is InChI=1S/C15H14N2O3/c1-9-6-7-12(15(19)16-9)17-14(18)11-8-20-13-5-3-2-4-10(11)13/h2-5,8,12H,1,6-7H2,(H,16,19)(H,17,18)/t12-/m1/s1. The normalized spacial score (nSPS) is 18.9. The van der Waals surface area contributed by atoms with Crippen LogP contribution in [0, 0.1) is 0 Å². The SMILES string of the molecule is C=C1CC[C@@H](NC(=O)c2coc3ccccc23)C(=O)N1. The lowest BCUT2D eigenvalue weighted by atomic mass is 10.0. The number of furan rings is 1. The number of amides is 2. The number of para-hydroxylation sites is 1. The number of fused-ring (bicyclic) bond motifs is 1. The predicted molar refractivity (Wildman–Crippen MR) is 74.0 cm³/mol. The van der Waals surface area contributed by atoms with Gasteiger partial charge in [-0.1, -0.05) is 24.8 Å². The van der Waals surface area contributed by atoms with Gasteiger partial charge in [-0.15, -0.1) is 0 Å². The second kappa shape index (κ2) is 4.85. The van der Waals surface area contributed by atoms with Gasteiger partial charge in [0.05, 0.1) is 5.56 Å². The van der Waals surface area contributed by atoms with Crippen LogP contribution < -0.4 is 10.6 Å². The highest BCUT2D eigenvalue weighted by molar-refractivity contribution is 6.07. The van der Waals surface area contributed by atoms with Gasteiger partial charge in [0.15, 0.2) is 0 Å². The van der Waals surface area contributed by atoms with Crippen molar-refractivity contribution >= 4 is 22.8 Å². The zero-order valence-electron chi connectivity index (χ0n) is 10.8. The third kappa shape index (κ3) is 2.18. The van der Waals surface area contributed by atoms with E-state index in [1.165, 1.54) is 6.26 Å². The van der Waals surface area contributed by atoms with E-state index in [2.05, 4.69) is 17.2 Å². The number of benzene rings is 1. The van der Waals surface area contributed by atoms with Crippen LogP contribution in [0.1, 0.15) is 23.2 Å². The lowest BCUT2D eigenvalue weighted by molar-refractivity contribution is -0.123. The summed E-state index contributed by atoms with van der Waals surface area (Å²) >= 11 is 0. The molecule has 0 saturated carbocycles. The number of allylic oxidation sites excluding steroid dienone is 1. The van der Waals surface area contributed by atoms with Crippen molar-refractivity contribution in [2.24, 2.45) is 0 Å². The number of piperidine rings is 1. The predicted octanol–water partition coefficient (Wildman–Crippen LogP) is 1.95. The first-order valence-corrected chi connectivity index (χ1v) is 6.41. The van der Waals surface area contributed by atoms with E-state index in [0.717, 1.165) is 5.39 Å². The minimum atomic E-state index is -0.526. The first-order valence-electron chi connectivity index (χ1n) is 6.41. The molecule has 2 aromatic rings. The van der Waals surface area contributed by atoms with Crippen LogP contribution in [0.3, 0.4) is 0 Å². The van der Waals surface area contributed by atoms with Gasteiger partial charge in [-0.25, -0.2) is 0 Å². The summed E-state index contributed by atoms with van der Waals surface area (Å²) < 4.78 is 5.33. The molecule has 1 fully saturated rings. The van der Waals surface area contributed by atoms with Gasteiger partial charge < -0.3 is 15.1 Å². The van der Waals surface area contributed by atoms with E-state index in [9.17, 15) is 9.59 Å². The van der Waals surface area contributed by atoms with Gasteiger partial charge in [0.2, 0.25) is 5.91 Å². The number of carbonyl (C=O) groups is 2. The van der Waals surface area contributed by atoms with Crippen molar-refractivity contribution in [1.29, 1.82) is 0 Å². The smallest absolute Gasteiger partial charge is 0.255 e. The molecular weight excluding hydrogens is 256 g/mol. The Labute approximate surface area is 115 Å². The molecule has 2 N–H and O–H groups in total. The van der Waals surface area contributed by atoms with Gasteiger partial charge in [-0.2, -0.15) is 0 Å². The van der Waals surface area contributed by atoms with Crippen molar-refractivity contribution in [3.63, 3.8) is 0 Å². The number of hydrogen-bond donors (Lipinski definition) is 2. The fraction of sp³-hybridized carbons (Fsp3) is 0.200. The minimum Gasteiger partial charge on any atom is -0.463 e. The molecule has 20 heavy (non-hydrogen) atoms. The Morgan fingerprint density at radius 3 is 3.00 bits per heavy atom. The highest BCUT2D eigenvalue weighted by Crippen LogP contribution is 2.21. The van der Waals surface area contributed by atoms with E-state index in [-0.39, 0.29) is 11.8 Å². The van der Waals surface area contributed by atoms with E-state index < -0.39 is 6.04 Å². The van der Waals surface area contributed by atoms with Crippen LogP contribution >= 0.6 is 0 Å².